The second-order valence-electron chi connectivity index (χ2n) is 4.26. The molecule has 0 fully saturated rings. The van der Waals surface area contributed by atoms with Gasteiger partial charge in [-0.05, 0) is 35.0 Å². The lowest BCUT2D eigenvalue weighted by Gasteiger charge is -2.18. The van der Waals surface area contributed by atoms with Gasteiger partial charge in [0.15, 0.2) is 6.04 Å². The topological polar surface area (TPSA) is 56.1 Å². The van der Waals surface area contributed by atoms with E-state index in [0.29, 0.717) is 6.61 Å². The number of para-hydroxylation sites is 1. The van der Waals surface area contributed by atoms with Crippen LogP contribution in [0, 0.1) is 0 Å². The van der Waals surface area contributed by atoms with Crippen molar-refractivity contribution in [3.8, 4) is 0 Å². The van der Waals surface area contributed by atoms with E-state index in [1.807, 2.05) is 31.3 Å². The number of carbonyl (C=O) groups is 1. The van der Waals surface area contributed by atoms with Crippen molar-refractivity contribution in [1.82, 2.24) is 9.78 Å². The molecule has 1 aromatic heterocycles. The first kappa shape index (κ1) is 14.6. The molecule has 0 bridgehead atoms. The van der Waals surface area contributed by atoms with E-state index in [0.717, 1.165) is 15.7 Å². The molecule has 0 saturated carbocycles. The van der Waals surface area contributed by atoms with Crippen molar-refractivity contribution < 1.29 is 9.53 Å². The van der Waals surface area contributed by atoms with Gasteiger partial charge in [0, 0.05) is 29.0 Å². The fourth-order valence-corrected chi connectivity index (χ4v) is 2.23. The number of nitrogens with one attached hydrogen (secondary N) is 1. The minimum absolute atomic E-state index is 0.323. The van der Waals surface area contributed by atoms with Gasteiger partial charge in [-0.2, -0.15) is 5.10 Å². The molecule has 0 spiro atoms. The first-order chi connectivity index (χ1) is 9.61. The van der Waals surface area contributed by atoms with Gasteiger partial charge in [0.1, 0.15) is 0 Å². The lowest BCUT2D eigenvalue weighted by Crippen LogP contribution is -2.23. The number of aromatic nitrogens is 2. The van der Waals surface area contributed by atoms with Crippen LogP contribution in [-0.4, -0.2) is 22.4 Å². The molecule has 0 aliphatic rings. The standard InChI is InChI=1S/C14H16BrN3O2/c1-3-20-14(19)13(10-8-16-18(2)9-10)17-12-7-5-4-6-11(12)15/h4-9,13,17H,3H2,1-2H3. The summed E-state index contributed by atoms with van der Waals surface area (Å²) in [5, 5.41) is 7.29. The van der Waals surface area contributed by atoms with Crippen LogP contribution in [0.2, 0.25) is 0 Å². The Balaban J connectivity index is 2.27. The van der Waals surface area contributed by atoms with Crippen molar-refractivity contribution in [3.05, 3.63) is 46.7 Å². The summed E-state index contributed by atoms with van der Waals surface area (Å²) >= 11 is 3.46. The number of hydrogen-bond donors (Lipinski definition) is 1. The summed E-state index contributed by atoms with van der Waals surface area (Å²) in [7, 11) is 1.81. The van der Waals surface area contributed by atoms with E-state index in [4.69, 9.17) is 4.74 Å². The fourth-order valence-electron chi connectivity index (χ4n) is 1.83. The molecule has 0 saturated heterocycles. The summed E-state index contributed by atoms with van der Waals surface area (Å²) in [4.78, 5) is 12.1. The van der Waals surface area contributed by atoms with Gasteiger partial charge in [0.05, 0.1) is 12.8 Å². The maximum absolute atomic E-state index is 12.1. The van der Waals surface area contributed by atoms with Crippen molar-refractivity contribution in [2.75, 3.05) is 11.9 Å². The predicted octanol–water partition coefficient (Wildman–Crippen LogP) is 2.90. The fraction of sp³-hybridized carbons (Fsp3) is 0.286. The normalized spacial score (nSPS) is 11.9. The zero-order valence-electron chi connectivity index (χ0n) is 11.3. The molecule has 20 heavy (non-hydrogen) atoms. The summed E-state index contributed by atoms with van der Waals surface area (Å²) in [6.07, 6.45) is 3.46. The van der Waals surface area contributed by atoms with Gasteiger partial charge in [0.25, 0.3) is 0 Å². The number of ether oxygens (including phenoxy) is 1. The van der Waals surface area contributed by atoms with Gasteiger partial charge in [-0.25, -0.2) is 4.79 Å². The quantitative estimate of drug-likeness (QED) is 0.852. The second kappa shape index (κ2) is 6.56. The largest absolute Gasteiger partial charge is 0.464 e. The van der Waals surface area contributed by atoms with Crippen LogP contribution < -0.4 is 5.32 Å². The minimum Gasteiger partial charge on any atom is -0.464 e. The number of benzene rings is 1. The van der Waals surface area contributed by atoms with E-state index < -0.39 is 6.04 Å². The monoisotopic (exact) mass is 337 g/mol. The molecular formula is C14H16BrN3O2. The summed E-state index contributed by atoms with van der Waals surface area (Å²) in [5.41, 5.74) is 1.59. The second-order valence-corrected chi connectivity index (χ2v) is 5.11. The Morgan fingerprint density at radius 3 is 2.85 bits per heavy atom. The number of hydrogen-bond acceptors (Lipinski definition) is 4. The Kier molecular flexibility index (Phi) is 4.79. The van der Waals surface area contributed by atoms with Crippen LogP contribution in [0.5, 0.6) is 0 Å². The molecule has 0 aliphatic carbocycles. The van der Waals surface area contributed by atoms with Gasteiger partial charge < -0.3 is 10.1 Å². The molecule has 1 atom stereocenters. The molecule has 2 aromatic rings. The van der Waals surface area contributed by atoms with E-state index >= 15 is 0 Å². The van der Waals surface area contributed by atoms with Crippen LogP contribution in [0.15, 0.2) is 41.1 Å². The third kappa shape index (κ3) is 3.39. The average molecular weight is 338 g/mol. The Morgan fingerprint density at radius 1 is 1.50 bits per heavy atom. The minimum atomic E-state index is -0.581. The summed E-state index contributed by atoms with van der Waals surface area (Å²) in [6.45, 7) is 2.13. The molecule has 106 valence electrons. The molecular weight excluding hydrogens is 322 g/mol. The highest BCUT2D eigenvalue weighted by molar-refractivity contribution is 9.10. The van der Waals surface area contributed by atoms with E-state index in [1.54, 1.807) is 24.0 Å². The van der Waals surface area contributed by atoms with Crippen LogP contribution in [0.4, 0.5) is 5.69 Å². The Labute approximate surface area is 126 Å². The maximum Gasteiger partial charge on any atom is 0.333 e. The lowest BCUT2D eigenvalue weighted by molar-refractivity contribution is -0.144. The Hall–Kier alpha value is -1.82. The predicted molar refractivity (Wildman–Crippen MR) is 80.3 cm³/mol. The van der Waals surface area contributed by atoms with Crippen LogP contribution in [0.25, 0.3) is 0 Å². The first-order valence-electron chi connectivity index (χ1n) is 6.28. The first-order valence-corrected chi connectivity index (χ1v) is 7.07. The Morgan fingerprint density at radius 2 is 2.25 bits per heavy atom. The molecule has 0 aliphatic heterocycles. The molecule has 2 rings (SSSR count). The van der Waals surface area contributed by atoms with E-state index in [2.05, 4.69) is 26.3 Å². The molecule has 1 aromatic carbocycles. The molecule has 1 unspecified atom stereocenters. The van der Waals surface area contributed by atoms with Crippen LogP contribution in [-0.2, 0) is 16.6 Å². The van der Waals surface area contributed by atoms with Crippen LogP contribution in [0.3, 0.4) is 0 Å². The summed E-state index contributed by atoms with van der Waals surface area (Å²) in [5.74, 6) is -0.323. The number of nitrogens with zero attached hydrogens (tertiary/aromatic N) is 2. The van der Waals surface area contributed by atoms with E-state index in [1.165, 1.54) is 0 Å². The summed E-state index contributed by atoms with van der Waals surface area (Å²) < 4.78 is 7.67. The van der Waals surface area contributed by atoms with Gasteiger partial charge in [-0.3, -0.25) is 4.68 Å². The number of aryl methyl sites for hydroxylation is 1. The molecule has 0 amide bonds. The van der Waals surface area contributed by atoms with Gasteiger partial charge in [-0.1, -0.05) is 12.1 Å². The molecule has 5 nitrogen and oxygen atoms in total. The highest BCUT2D eigenvalue weighted by Gasteiger charge is 2.23. The van der Waals surface area contributed by atoms with Crippen molar-refractivity contribution in [2.24, 2.45) is 7.05 Å². The van der Waals surface area contributed by atoms with E-state index in [-0.39, 0.29) is 5.97 Å². The van der Waals surface area contributed by atoms with Crippen molar-refractivity contribution in [1.29, 1.82) is 0 Å². The average Bonchev–Trinajstić information content (AvgIpc) is 2.84. The highest BCUT2D eigenvalue weighted by atomic mass is 79.9. The van der Waals surface area contributed by atoms with Crippen molar-refractivity contribution >= 4 is 27.6 Å². The number of anilines is 1. The maximum atomic E-state index is 12.1. The third-order valence-corrected chi connectivity index (χ3v) is 3.45. The molecule has 0 radical (unpaired) electrons. The zero-order chi connectivity index (χ0) is 14.5. The van der Waals surface area contributed by atoms with Gasteiger partial charge >= 0.3 is 5.97 Å². The Bertz CT molecular complexity index is 598. The van der Waals surface area contributed by atoms with Crippen molar-refractivity contribution in [3.63, 3.8) is 0 Å². The number of halogens is 1. The van der Waals surface area contributed by atoms with E-state index in [9.17, 15) is 4.79 Å². The molecule has 1 N–H and O–H groups in total. The number of rotatable bonds is 5. The van der Waals surface area contributed by atoms with Gasteiger partial charge in [-0.15, -0.1) is 0 Å². The van der Waals surface area contributed by atoms with Crippen LogP contribution >= 0.6 is 15.9 Å². The number of esters is 1. The third-order valence-electron chi connectivity index (χ3n) is 2.75. The smallest absolute Gasteiger partial charge is 0.333 e. The van der Waals surface area contributed by atoms with Gasteiger partial charge in [0.2, 0.25) is 0 Å². The summed E-state index contributed by atoms with van der Waals surface area (Å²) in [6, 6.07) is 7.04. The molecule has 6 heteroatoms. The zero-order valence-corrected chi connectivity index (χ0v) is 12.9. The van der Waals surface area contributed by atoms with Crippen molar-refractivity contribution in [2.45, 2.75) is 13.0 Å². The highest BCUT2D eigenvalue weighted by Crippen LogP contribution is 2.27. The molecule has 1 heterocycles. The number of carbonyl (C=O) groups excluding carboxylic acids is 1. The SMILES string of the molecule is CCOC(=O)C(Nc1ccccc1Br)c1cnn(C)c1. The van der Waals surface area contributed by atoms with Crippen LogP contribution in [0.1, 0.15) is 18.5 Å². The lowest BCUT2D eigenvalue weighted by atomic mass is 10.1.